The van der Waals surface area contributed by atoms with Crippen LogP contribution in [0, 0.1) is 0 Å². The van der Waals surface area contributed by atoms with Crippen molar-refractivity contribution in [1.82, 2.24) is 10.5 Å². The molecule has 2 unspecified atom stereocenters. The van der Waals surface area contributed by atoms with Crippen molar-refractivity contribution in [3.63, 3.8) is 0 Å². The van der Waals surface area contributed by atoms with Gasteiger partial charge >= 0.3 is 5.97 Å². The standard InChI is InChI=1S/C38H50N4O7S/c1-3-11-31(4-2)48-49-33-15-10-14-32(24-33)47-37(45)22-27-18-20-28(21-19-27)25-46-42-36(44)17-8-6-5-7-16-35(43)41-38-40-34(26-50-38)29-12-9-13-30(39)23-29/h3,9,12-13,18-21,23,26,31-33H,1,4-8,10-11,14-17,22,24-25,39H2,2H3,(H,42,44)(H,40,41,43)/t31?,32?,33-/m1/s1. The number of hydroxylamine groups is 1. The van der Waals surface area contributed by atoms with Gasteiger partial charge in [-0.05, 0) is 68.2 Å². The minimum absolute atomic E-state index is 0.0117. The first-order chi connectivity index (χ1) is 24.3. The van der Waals surface area contributed by atoms with Crippen LogP contribution >= 0.6 is 11.3 Å². The van der Waals surface area contributed by atoms with E-state index in [1.54, 1.807) is 0 Å². The van der Waals surface area contributed by atoms with Gasteiger partial charge in [0, 0.05) is 35.9 Å². The number of rotatable bonds is 21. The van der Waals surface area contributed by atoms with Crippen LogP contribution in [0.15, 0.2) is 66.6 Å². The number of aromatic nitrogens is 1. The minimum Gasteiger partial charge on any atom is -0.462 e. The lowest BCUT2D eigenvalue weighted by molar-refractivity contribution is -0.356. The molecule has 3 aromatic rings. The van der Waals surface area contributed by atoms with E-state index in [1.165, 1.54) is 11.3 Å². The molecule has 2 aromatic carbocycles. The van der Waals surface area contributed by atoms with E-state index in [2.05, 4.69) is 22.4 Å². The molecule has 1 fully saturated rings. The third kappa shape index (κ3) is 14.0. The second kappa shape index (κ2) is 21.2. The number of nitrogen functional groups attached to an aromatic ring is 1. The first-order valence-electron chi connectivity index (χ1n) is 17.5. The number of hydrogen-bond acceptors (Lipinski definition) is 10. The van der Waals surface area contributed by atoms with Gasteiger partial charge in [0.25, 0.3) is 0 Å². The second-order valence-corrected chi connectivity index (χ2v) is 13.4. The maximum absolute atomic E-state index is 12.6. The summed E-state index contributed by atoms with van der Waals surface area (Å²) < 4.78 is 5.74. The molecule has 4 rings (SSSR count). The Labute approximate surface area is 298 Å². The lowest BCUT2D eigenvalue weighted by Crippen LogP contribution is -2.31. The van der Waals surface area contributed by atoms with Crippen molar-refractivity contribution in [2.24, 2.45) is 0 Å². The fraction of sp³-hybridized carbons (Fsp3) is 0.474. The van der Waals surface area contributed by atoms with E-state index in [0.29, 0.717) is 36.5 Å². The van der Waals surface area contributed by atoms with Crippen molar-refractivity contribution < 1.29 is 33.7 Å². The summed E-state index contributed by atoms with van der Waals surface area (Å²) in [5, 5.41) is 5.31. The number of esters is 1. The van der Waals surface area contributed by atoms with Crippen LogP contribution in [0.25, 0.3) is 11.3 Å². The fourth-order valence-corrected chi connectivity index (χ4v) is 6.32. The number of amides is 2. The Morgan fingerprint density at radius 3 is 2.50 bits per heavy atom. The molecule has 2 amide bonds. The number of carbonyl (C=O) groups is 3. The van der Waals surface area contributed by atoms with Gasteiger partial charge in [0.15, 0.2) is 5.13 Å². The Bertz CT molecular complexity index is 1510. The molecular formula is C38H50N4O7S. The summed E-state index contributed by atoms with van der Waals surface area (Å²) in [4.78, 5) is 58.2. The number of unbranched alkanes of at least 4 members (excludes halogenated alkanes) is 3. The molecule has 0 aliphatic heterocycles. The molecule has 0 saturated heterocycles. The zero-order valence-electron chi connectivity index (χ0n) is 28.9. The van der Waals surface area contributed by atoms with Crippen LogP contribution in [0.5, 0.6) is 0 Å². The highest BCUT2D eigenvalue weighted by Crippen LogP contribution is 2.27. The van der Waals surface area contributed by atoms with E-state index in [1.807, 2.05) is 66.9 Å². The van der Waals surface area contributed by atoms with Crippen LogP contribution < -0.4 is 16.5 Å². The van der Waals surface area contributed by atoms with Crippen molar-refractivity contribution in [3.05, 3.63) is 77.7 Å². The number of ether oxygens (including phenoxy) is 1. The number of nitrogens with two attached hydrogens (primary N) is 1. The molecule has 3 atom stereocenters. The predicted molar refractivity (Wildman–Crippen MR) is 195 cm³/mol. The zero-order chi connectivity index (χ0) is 35.6. The van der Waals surface area contributed by atoms with Gasteiger partial charge in [-0.2, -0.15) is 0 Å². The predicted octanol–water partition coefficient (Wildman–Crippen LogP) is 7.62. The van der Waals surface area contributed by atoms with Gasteiger partial charge in [-0.1, -0.05) is 62.2 Å². The van der Waals surface area contributed by atoms with Crippen molar-refractivity contribution in [2.45, 2.75) is 115 Å². The van der Waals surface area contributed by atoms with Crippen LogP contribution in [-0.2, 0) is 46.8 Å². The van der Waals surface area contributed by atoms with Gasteiger partial charge in [-0.25, -0.2) is 20.2 Å². The molecule has 12 heteroatoms. The molecule has 11 nitrogen and oxygen atoms in total. The van der Waals surface area contributed by atoms with Crippen molar-refractivity contribution >= 4 is 39.9 Å². The largest absolute Gasteiger partial charge is 0.462 e. The zero-order valence-corrected chi connectivity index (χ0v) is 29.7. The summed E-state index contributed by atoms with van der Waals surface area (Å²) >= 11 is 1.38. The quantitative estimate of drug-likeness (QED) is 0.0254. The monoisotopic (exact) mass is 706 g/mol. The van der Waals surface area contributed by atoms with Gasteiger partial charge in [0.2, 0.25) is 11.8 Å². The van der Waals surface area contributed by atoms with Crippen LogP contribution in [0.2, 0.25) is 0 Å². The van der Waals surface area contributed by atoms with E-state index in [-0.39, 0.29) is 49.1 Å². The summed E-state index contributed by atoms with van der Waals surface area (Å²) in [6.07, 6.45) is 10.4. The maximum atomic E-state index is 12.6. The molecule has 0 bridgehead atoms. The molecule has 0 spiro atoms. The molecule has 50 heavy (non-hydrogen) atoms. The fourth-order valence-electron chi connectivity index (χ4n) is 5.58. The molecule has 1 aromatic heterocycles. The Morgan fingerprint density at radius 2 is 1.76 bits per heavy atom. The van der Waals surface area contributed by atoms with Crippen molar-refractivity contribution in [3.8, 4) is 11.3 Å². The molecule has 0 radical (unpaired) electrons. The summed E-state index contributed by atoms with van der Waals surface area (Å²) in [5.41, 5.74) is 12.4. The number of thiazole rings is 1. The summed E-state index contributed by atoms with van der Waals surface area (Å²) in [6, 6.07) is 14.9. The van der Waals surface area contributed by atoms with Gasteiger partial charge in [-0.3, -0.25) is 19.2 Å². The molecule has 1 aliphatic carbocycles. The number of hydrogen-bond donors (Lipinski definition) is 3. The average Bonchev–Trinajstić information content (AvgIpc) is 3.57. The normalized spacial score (nSPS) is 16.3. The van der Waals surface area contributed by atoms with Crippen LogP contribution in [0.1, 0.15) is 95.1 Å². The Hall–Kier alpha value is -4.10. The number of carbonyl (C=O) groups excluding carboxylic acids is 3. The molecule has 4 N–H and O–H groups in total. The molecule has 270 valence electrons. The SMILES string of the molecule is C=CCC(CC)OO[C@@H]1CCCC(OC(=O)Cc2ccc(CONC(=O)CCCCCCC(=O)Nc3nc(-c4cccc(N)c4)cs3)cc2)C1. The summed E-state index contributed by atoms with van der Waals surface area (Å²) in [5.74, 6) is -0.535. The minimum atomic E-state index is -0.269. The highest BCUT2D eigenvalue weighted by atomic mass is 32.1. The van der Waals surface area contributed by atoms with E-state index in [4.69, 9.17) is 25.1 Å². The molecule has 1 aliphatic rings. The number of benzene rings is 2. The van der Waals surface area contributed by atoms with Crippen molar-refractivity contribution in [2.75, 3.05) is 11.1 Å². The van der Waals surface area contributed by atoms with Crippen molar-refractivity contribution in [1.29, 1.82) is 0 Å². The van der Waals surface area contributed by atoms with Gasteiger partial charge in [-0.15, -0.1) is 17.9 Å². The second-order valence-electron chi connectivity index (χ2n) is 12.6. The van der Waals surface area contributed by atoms with E-state index in [9.17, 15) is 14.4 Å². The Kier molecular flexibility index (Phi) is 16.4. The Morgan fingerprint density at radius 1 is 1.02 bits per heavy atom. The third-order valence-electron chi connectivity index (χ3n) is 8.38. The summed E-state index contributed by atoms with van der Waals surface area (Å²) in [6.45, 7) is 6.01. The van der Waals surface area contributed by atoms with E-state index in [0.717, 1.165) is 73.8 Å². The van der Waals surface area contributed by atoms with Crippen LogP contribution in [0.3, 0.4) is 0 Å². The van der Waals surface area contributed by atoms with E-state index < -0.39 is 0 Å². The Balaban J connectivity index is 1.02. The number of nitrogens with one attached hydrogen (secondary N) is 2. The lowest BCUT2D eigenvalue weighted by Gasteiger charge is -2.29. The smallest absolute Gasteiger partial charge is 0.310 e. The first-order valence-corrected chi connectivity index (χ1v) is 18.4. The maximum Gasteiger partial charge on any atom is 0.310 e. The van der Waals surface area contributed by atoms with Gasteiger partial charge < -0.3 is 15.8 Å². The van der Waals surface area contributed by atoms with E-state index >= 15 is 0 Å². The first kappa shape index (κ1) is 38.7. The lowest BCUT2D eigenvalue weighted by atomic mass is 9.95. The molecule has 1 saturated carbocycles. The highest BCUT2D eigenvalue weighted by Gasteiger charge is 2.27. The van der Waals surface area contributed by atoms with Gasteiger partial charge in [0.1, 0.15) is 6.10 Å². The summed E-state index contributed by atoms with van der Waals surface area (Å²) in [7, 11) is 0. The van der Waals surface area contributed by atoms with Gasteiger partial charge in [0.05, 0.1) is 30.9 Å². The van der Waals surface area contributed by atoms with Crippen LogP contribution in [0.4, 0.5) is 10.8 Å². The average molecular weight is 707 g/mol. The molecular weight excluding hydrogens is 657 g/mol. The van der Waals surface area contributed by atoms with Crippen LogP contribution in [-0.4, -0.2) is 41.1 Å². The molecule has 1 heterocycles. The third-order valence-corrected chi connectivity index (χ3v) is 9.13. The number of nitrogens with zero attached hydrogens (tertiary/aromatic N) is 1. The topological polar surface area (TPSA) is 151 Å². The highest BCUT2D eigenvalue weighted by molar-refractivity contribution is 7.14. The number of anilines is 2.